The van der Waals surface area contributed by atoms with E-state index in [1.807, 2.05) is 0 Å². The fourth-order valence-electron chi connectivity index (χ4n) is 2.98. The Labute approximate surface area is 159 Å². The van der Waals surface area contributed by atoms with Crippen LogP contribution in [0.1, 0.15) is 18.5 Å². The maximum absolute atomic E-state index is 12.5. The van der Waals surface area contributed by atoms with Gasteiger partial charge in [-0.1, -0.05) is 30.3 Å². The molecule has 2 aliphatic heterocycles. The summed E-state index contributed by atoms with van der Waals surface area (Å²) in [5, 5.41) is 13.9. The molecule has 2 aliphatic rings. The van der Waals surface area contributed by atoms with Crippen LogP contribution >= 0.6 is 11.8 Å². The molecule has 27 heavy (non-hydrogen) atoms. The van der Waals surface area contributed by atoms with Crippen molar-refractivity contribution in [3.05, 3.63) is 47.3 Å². The van der Waals surface area contributed by atoms with E-state index in [0.717, 1.165) is 4.90 Å². The van der Waals surface area contributed by atoms with Crippen molar-refractivity contribution in [1.29, 1.82) is 0 Å². The third kappa shape index (κ3) is 3.53. The Balaban J connectivity index is 1.74. The fraction of sp³-hybridized carbons (Fsp3) is 0.294. The molecule has 2 unspecified atom stereocenters. The van der Waals surface area contributed by atoms with E-state index in [0.29, 0.717) is 5.56 Å². The second kappa shape index (κ2) is 7.41. The molecule has 1 aromatic rings. The molecular weight excluding hydrogens is 372 g/mol. The van der Waals surface area contributed by atoms with Crippen LogP contribution in [0.2, 0.25) is 0 Å². The Bertz CT molecular complexity index is 841. The number of thioether (sulfide) groups is 1. The molecule has 3 atom stereocenters. The summed E-state index contributed by atoms with van der Waals surface area (Å²) in [6.45, 7) is 1.26. The van der Waals surface area contributed by atoms with Gasteiger partial charge in [0.25, 0.3) is 5.91 Å². The lowest BCUT2D eigenvalue weighted by Crippen LogP contribution is -2.71. The minimum absolute atomic E-state index is 0.162. The summed E-state index contributed by atoms with van der Waals surface area (Å²) in [4.78, 5) is 48.8. The minimum Gasteiger partial charge on any atom is -0.477 e. The summed E-state index contributed by atoms with van der Waals surface area (Å²) in [5.74, 6) is -2.61. The van der Waals surface area contributed by atoms with E-state index in [4.69, 9.17) is 5.73 Å². The number of carbonyl (C=O) groups is 4. The minimum atomic E-state index is -1.32. The Kier molecular flexibility index (Phi) is 5.19. The number of carboxylic acids is 1. The molecule has 0 radical (unpaired) electrons. The first-order valence-corrected chi connectivity index (χ1v) is 9.15. The molecule has 0 spiro atoms. The summed E-state index contributed by atoms with van der Waals surface area (Å²) in [6.07, 6.45) is 0. The van der Waals surface area contributed by atoms with Crippen molar-refractivity contribution in [2.24, 2.45) is 5.73 Å². The number of nitrogens with zero attached hydrogens (tertiary/aromatic N) is 1. The zero-order valence-corrected chi connectivity index (χ0v) is 15.2. The van der Waals surface area contributed by atoms with E-state index < -0.39 is 41.1 Å². The first-order chi connectivity index (χ1) is 12.8. The number of hydrogen-bond acceptors (Lipinski definition) is 6. The third-order valence-electron chi connectivity index (χ3n) is 4.24. The molecule has 0 bridgehead atoms. The molecule has 1 saturated heterocycles. The Hall–Kier alpha value is -2.85. The van der Waals surface area contributed by atoms with Crippen molar-refractivity contribution in [2.75, 3.05) is 5.75 Å². The van der Waals surface area contributed by atoms with Crippen LogP contribution in [0.4, 0.5) is 0 Å². The van der Waals surface area contributed by atoms with Gasteiger partial charge in [-0.15, -0.1) is 11.8 Å². The largest absolute Gasteiger partial charge is 0.477 e. The van der Waals surface area contributed by atoms with Gasteiger partial charge in [0.05, 0.1) is 5.70 Å². The molecule has 10 heteroatoms. The van der Waals surface area contributed by atoms with E-state index in [2.05, 4.69) is 10.6 Å². The highest BCUT2D eigenvalue weighted by Crippen LogP contribution is 2.39. The van der Waals surface area contributed by atoms with Crippen LogP contribution in [0, 0.1) is 0 Å². The topological polar surface area (TPSA) is 142 Å². The lowest BCUT2D eigenvalue weighted by Gasteiger charge is -2.49. The van der Waals surface area contributed by atoms with Crippen molar-refractivity contribution in [2.45, 2.75) is 24.4 Å². The van der Waals surface area contributed by atoms with Gasteiger partial charge in [0.15, 0.2) is 5.70 Å². The van der Waals surface area contributed by atoms with E-state index >= 15 is 0 Å². The van der Waals surface area contributed by atoms with Crippen LogP contribution in [0.5, 0.6) is 0 Å². The quantitative estimate of drug-likeness (QED) is 0.497. The van der Waals surface area contributed by atoms with Gasteiger partial charge in [-0.3, -0.25) is 19.3 Å². The predicted molar refractivity (Wildman–Crippen MR) is 96.9 cm³/mol. The van der Waals surface area contributed by atoms with Gasteiger partial charge in [0.2, 0.25) is 11.8 Å². The lowest BCUT2D eigenvalue weighted by molar-refractivity contribution is -0.151. The summed E-state index contributed by atoms with van der Waals surface area (Å²) in [7, 11) is 0. The number of hydrogen-bond donors (Lipinski definition) is 4. The lowest BCUT2D eigenvalue weighted by atomic mass is 10.0. The van der Waals surface area contributed by atoms with Crippen molar-refractivity contribution in [3.8, 4) is 0 Å². The fourth-order valence-corrected chi connectivity index (χ4v) is 4.26. The van der Waals surface area contributed by atoms with Gasteiger partial charge >= 0.3 is 5.97 Å². The number of nitrogens with one attached hydrogen (secondary N) is 2. The van der Waals surface area contributed by atoms with E-state index in [1.165, 1.54) is 18.7 Å². The number of benzene rings is 1. The van der Waals surface area contributed by atoms with Crippen molar-refractivity contribution >= 4 is 35.5 Å². The molecule has 3 amide bonds. The number of amides is 3. The van der Waals surface area contributed by atoms with Crippen LogP contribution in [0.15, 0.2) is 41.7 Å². The first-order valence-electron chi connectivity index (χ1n) is 8.11. The normalized spacial score (nSPS) is 22.4. The van der Waals surface area contributed by atoms with Crippen molar-refractivity contribution in [1.82, 2.24) is 15.5 Å². The molecule has 0 saturated carbocycles. The molecule has 142 valence electrons. The van der Waals surface area contributed by atoms with Gasteiger partial charge < -0.3 is 21.5 Å². The molecule has 5 N–H and O–H groups in total. The number of β-lactam (4-membered cyclic amide) rings is 1. The molecule has 1 aromatic carbocycles. The smallest absolute Gasteiger partial charge is 0.354 e. The summed E-state index contributed by atoms with van der Waals surface area (Å²) >= 11 is 1.26. The Morgan fingerprint density at radius 2 is 1.96 bits per heavy atom. The molecular formula is C17H18N4O5S. The van der Waals surface area contributed by atoms with E-state index in [9.17, 15) is 24.3 Å². The molecule has 3 rings (SSSR count). The summed E-state index contributed by atoms with van der Waals surface area (Å²) in [6, 6.07) is 6.91. The average molecular weight is 390 g/mol. The van der Waals surface area contributed by atoms with Crippen LogP contribution in [-0.2, 0) is 19.2 Å². The average Bonchev–Trinajstić information content (AvgIpc) is 2.64. The van der Waals surface area contributed by atoms with Gasteiger partial charge in [-0.05, 0) is 5.56 Å². The molecule has 0 aromatic heterocycles. The Morgan fingerprint density at radius 3 is 2.56 bits per heavy atom. The second-order valence-electron chi connectivity index (χ2n) is 6.10. The Morgan fingerprint density at radius 1 is 1.30 bits per heavy atom. The van der Waals surface area contributed by atoms with E-state index in [1.54, 1.807) is 30.3 Å². The van der Waals surface area contributed by atoms with Crippen LogP contribution in [0.3, 0.4) is 0 Å². The monoisotopic (exact) mass is 390 g/mol. The van der Waals surface area contributed by atoms with Gasteiger partial charge in [-0.25, -0.2) is 4.79 Å². The van der Waals surface area contributed by atoms with Gasteiger partial charge in [0, 0.05) is 12.7 Å². The summed E-state index contributed by atoms with van der Waals surface area (Å²) in [5.41, 5.74) is 6.44. The number of aliphatic carboxylic acids is 1. The zero-order chi connectivity index (χ0) is 19.7. The van der Waals surface area contributed by atoms with Gasteiger partial charge in [0.1, 0.15) is 17.5 Å². The molecule has 1 fully saturated rings. The van der Waals surface area contributed by atoms with Crippen LogP contribution in [0.25, 0.3) is 0 Å². The maximum Gasteiger partial charge on any atom is 0.354 e. The van der Waals surface area contributed by atoms with Gasteiger partial charge in [-0.2, -0.15) is 0 Å². The van der Waals surface area contributed by atoms with E-state index in [-0.39, 0.29) is 17.1 Å². The molecule has 9 nitrogen and oxygen atoms in total. The first kappa shape index (κ1) is 18.9. The number of carbonyl (C=O) groups excluding carboxylic acids is 3. The zero-order valence-electron chi connectivity index (χ0n) is 14.3. The van der Waals surface area contributed by atoms with Crippen molar-refractivity contribution in [3.63, 3.8) is 0 Å². The highest BCUT2D eigenvalue weighted by Gasteiger charge is 2.54. The van der Waals surface area contributed by atoms with Crippen molar-refractivity contribution < 1.29 is 24.3 Å². The van der Waals surface area contributed by atoms with Crippen LogP contribution < -0.4 is 16.4 Å². The number of carboxylic acid groups (broad SMARTS) is 1. The number of rotatable bonds is 5. The number of fused-ring (bicyclic) bond motifs is 1. The second-order valence-corrected chi connectivity index (χ2v) is 7.20. The third-order valence-corrected chi connectivity index (χ3v) is 5.52. The standard InChI is InChI=1S/C17H18N4O5S/c1-8(22)19-10-7-27-16-12(15(24)21(16)13(10)17(25)26)20-14(23)11(18)9-5-3-2-4-6-9/h2-6,11-12,16H,7,18H2,1H3,(H,19,22)(H,20,23)(H,25,26)/t11?,12?,16-/m1/s1. The molecule has 0 aliphatic carbocycles. The SMILES string of the molecule is CC(=O)NC1=C(C(=O)O)N2C(=O)C(NC(=O)C(N)c3ccccc3)[C@H]2SC1. The maximum atomic E-state index is 12.5. The highest BCUT2D eigenvalue weighted by molar-refractivity contribution is 8.00. The number of nitrogens with two attached hydrogens (primary N) is 1. The molecule has 2 heterocycles. The predicted octanol–water partition coefficient (Wildman–Crippen LogP) is -0.481. The van der Waals surface area contributed by atoms with Crippen LogP contribution in [-0.4, -0.2) is 50.9 Å². The summed E-state index contributed by atoms with van der Waals surface area (Å²) < 4.78 is 0. The highest BCUT2D eigenvalue weighted by atomic mass is 32.2.